The number of sulfonamides is 1. The lowest BCUT2D eigenvalue weighted by atomic mass is 10.2. The lowest BCUT2D eigenvalue weighted by Gasteiger charge is -2.24. The van der Waals surface area contributed by atoms with Gasteiger partial charge in [0.05, 0.1) is 28.9 Å². The van der Waals surface area contributed by atoms with E-state index >= 15 is 0 Å². The Balaban J connectivity index is 2.39. The molecule has 0 aliphatic rings. The zero-order chi connectivity index (χ0) is 21.6. The Morgan fingerprint density at radius 2 is 1.90 bits per heavy atom. The highest BCUT2D eigenvalue weighted by atomic mass is 35.5. The summed E-state index contributed by atoms with van der Waals surface area (Å²) in [5.41, 5.74) is -0.0223. The van der Waals surface area contributed by atoms with Gasteiger partial charge in [-0.05, 0) is 37.1 Å². The molecule has 0 atom stereocenters. The van der Waals surface area contributed by atoms with Crippen molar-refractivity contribution in [1.29, 1.82) is 0 Å². The van der Waals surface area contributed by atoms with Crippen molar-refractivity contribution >= 4 is 39.1 Å². The van der Waals surface area contributed by atoms with E-state index in [2.05, 4.69) is 9.71 Å². The fourth-order valence-corrected chi connectivity index (χ4v) is 4.20. The third kappa shape index (κ3) is 5.51. The molecule has 0 spiro atoms. The number of rotatable bonds is 10. The molecule has 0 radical (unpaired) electrons. The van der Waals surface area contributed by atoms with Crippen LogP contribution < -0.4 is 14.4 Å². The van der Waals surface area contributed by atoms with Crippen LogP contribution in [-0.2, 0) is 10.0 Å². The number of hydrogen-bond acceptors (Lipinski definition) is 6. The maximum absolute atomic E-state index is 12.7. The van der Waals surface area contributed by atoms with E-state index in [0.717, 1.165) is 12.8 Å². The minimum atomic E-state index is -3.99. The van der Waals surface area contributed by atoms with E-state index in [0.29, 0.717) is 24.7 Å². The first-order chi connectivity index (χ1) is 13.7. The Morgan fingerprint density at radius 1 is 1.24 bits per heavy atom. The third-order valence-corrected chi connectivity index (χ3v) is 5.74. The van der Waals surface area contributed by atoms with Gasteiger partial charge >= 0.3 is 5.97 Å². The summed E-state index contributed by atoms with van der Waals surface area (Å²) >= 11 is 6.01. The number of halogens is 1. The van der Waals surface area contributed by atoms with E-state index in [4.69, 9.17) is 16.3 Å². The van der Waals surface area contributed by atoms with Crippen LogP contribution in [0.5, 0.6) is 5.75 Å². The molecule has 0 saturated carbocycles. The molecular formula is C19H24ClN3O5S. The van der Waals surface area contributed by atoms with Crippen LogP contribution in [-0.4, -0.2) is 44.7 Å². The van der Waals surface area contributed by atoms with Gasteiger partial charge in [0.1, 0.15) is 17.1 Å². The van der Waals surface area contributed by atoms with Crippen molar-refractivity contribution in [3.63, 3.8) is 0 Å². The van der Waals surface area contributed by atoms with Gasteiger partial charge in [-0.15, -0.1) is 0 Å². The SMILES string of the molecule is CCCN(CCC)c1ncc(NS(=O)(=O)c2ccc(OC)c(Cl)c2)cc1C(=O)O. The van der Waals surface area contributed by atoms with Gasteiger partial charge in [-0.2, -0.15) is 0 Å². The summed E-state index contributed by atoms with van der Waals surface area (Å²) in [6.07, 6.45) is 2.96. The Labute approximate surface area is 175 Å². The van der Waals surface area contributed by atoms with E-state index in [1.54, 1.807) is 0 Å². The number of pyridine rings is 1. The Bertz CT molecular complexity index is 976. The highest BCUT2D eigenvalue weighted by Crippen LogP contribution is 2.29. The monoisotopic (exact) mass is 441 g/mol. The largest absolute Gasteiger partial charge is 0.495 e. The van der Waals surface area contributed by atoms with Gasteiger partial charge in [0.25, 0.3) is 10.0 Å². The predicted octanol–water partition coefficient (Wildman–Crippen LogP) is 3.87. The molecule has 1 aromatic heterocycles. The van der Waals surface area contributed by atoms with Crippen LogP contribution in [0.2, 0.25) is 5.02 Å². The molecular weight excluding hydrogens is 418 g/mol. The van der Waals surface area contributed by atoms with Gasteiger partial charge in [-0.25, -0.2) is 18.2 Å². The molecule has 0 aliphatic carbocycles. The molecule has 29 heavy (non-hydrogen) atoms. The van der Waals surface area contributed by atoms with Crippen molar-refractivity contribution in [3.05, 3.63) is 41.0 Å². The lowest BCUT2D eigenvalue weighted by Crippen LogP contribution is -2.28. The second-order valence-corrected chi connectivity index (χ2v) is 8.38. The highest BCUT2D eigenvalue weighted by molar-refractivity contribution is 7.92. The number of anilines is 2. The zero-order valence-electron chi connectivity index (χ0n) is 16.5. The first-order valence-corrected chi connectivity index (χ1v) is 10.9. The normalized spacial score (nSPS) is 11.2. The zero-order valence-corrected chi connectivity index (χ0v) is 18.0. The number of benzene rings is 1. The highest BCUT2D eigenvalue weighted by Gasteiger charge is 2.21. The van der Waals surface area contributed by atoms with Gasteiger partial charge in [-0.3, -0.25) is 4.72 Å². The molecule has 2 N–H and O–H groups in total. The number of nitrogens with one attached hydrogen (secondary N) is 1. The molecule has 1 heterocycles. The smallest absolute Gasteiger partial charge is 0.339 e. The van der Waals surface area contributed by atoms with Gasteiger partial charge in [0.15, 0.2) is 0 Å². The summed E-state index contributed by atoms with van der Waals surface area (Å²) in [4.78, 5) is 17.8. The van der Waals surface area contributed by atoms with Crippen LogP contribution in [0.25, 0.3) is 0 Å². The Hall–Kier alpha value is -2.52. The molecule has 158 valence electrons. The summed E-state index contributed by atoms with van der Waals surface area (Å²) in [7, 11) is -2.57. The minimum absolute atomic E-state index is 0.0473. The van der Waals surface area contributed by atoms with Crippen LogP contribution >= 0.6 is 11.6 Å². The van der Waals surface area contributed by atoms with Crippen LogP contribution in [0.4, 0.5) is 11.5 Å². The maximum atomic E-state index is 12.7. The maximum Gasteiger partial charge on any atom is 0.339 e. The molecule has 1 aromatic carbocycles. The van der Waals surface area contributed by atoms with Gasteiger partial charge in [-0.1, -0.05) is 25.4 Å². The van der Waals surface area contributed by atoms with Crippen molar-refractivity contribution in [2.45, 2.75) is 31.6 Å². The number of carbonyl (C=O) groups is 1. The van der Waals surface area contributed by atoms with Gasteiger partial charge < -0.3 is 14.7 Å². The molecule has 0 amide bonds. The number of ether oxygens (including phenoxy) is 1. The third-order valence-electron chi connectivity index (χ3n) is 4.07. The molecule has 10 heteroatoms. The number of aromatic carboxylic acids is 1. The number of nitrogens with zero attached hydrogens (tertiary/aromatic N) is 2. The molecule has 2 aromatic rings. The lowest BCUT2D eigenvalue weighted by molar-refractivity contribution is 0.0697. The Kier molecular flexibility index (Phi) is 7.69. The number of hydrogen-bond donors (Lipinski definition) is 2. The van der Waals surface area contributed by atoms with E-state index in [-0.39, 0.29) is 21.2 Å². The first kappa shape index (κ1) is 22.8. The van der Waals surface area contributed by atoms with Crippen molar-refractivity contribution in [3.8, 4) is 5.75 Å². The second-order valence-electron chi connectivity index (χ2n) is 6.29. The van der Waals surface area contributed by atoms with Crippen LogP contribution in [0.3, 0.4) is 0 Å². The summed E-state index contributed by atoms with van der Waals surface area (Å²) < 4.78 is 32.7. The topological polar surface area (TPSA) is 109 Å². The first-order valence-electron chi connectivity index (χ1n) is 9.08. The summed E-state index contributed by atoms with van der Waals surface area (Å²) in [6, 6.07) is 5.31. The average Bonchev–Trinajstić information content (AvgIpc) is 2.67. The van der Waals surface area contributed by atoms with Crippen molar-refractivity contribution in [1.82, 2.24) is 4.98 Å². The van der Waals surface area contributed by atoms with Crippen molar-refractivity contribution < 1.29 is 23.1 Å². The van der Waals surface area contributed by atoms with E-state index in [1.165, 1.54) is 37.6 Å². The van der Waals surface area contributed by atoms with Crippen molar-refractivity contribution in [2.24, 2.45) is 0 Å². The van der Waals surface area contributed by atoms with Crippen LogP contribution in [0.1, 0.15) is 37.0 Å². The standard InChI is InChI=1S/C19H24ClN3O5S/c1-4-8-23(9-5-2)18-15(19(24)25)10-13(12-21-18)22-29(26,27)14-6-7-17(28-3)16(20)11-14/h6-7,10-12,22H,4-5,8-9H2,1-3H3,(H,24,25). The number of carboxylic acid groups (broad SMARTS) is 1. The molecule has 2 rings (SSSR count). The van der Waals surface area contributed by atoms with E-state index < -0.39 is 16.0 Å². The van der Waals surface area contributed by atoms with Gasteiger partial charge in [0.2, 0.25) is 0 Å². The quantitative estimate of drug-likeness (QED) is 0.576. The van der Waals surface area contributed by atoms with E-state index in [9.17, 15) is 18.3 Å². The summed E-state index contributed by atoms with van der Waals surface area (Å²) in [5.74, 6) is -0.522. The van der Waals surface area contributed by atoms with Gasteiger partial charge in [0, 0.05) is 13.1 Å². The van der Waals surface area contributed by atoms with Crippen LogP contribution in [0.15, 0.2) is 35.4 Å². The molecule has 0 unspecified atom stereocenters. The number of methoxy groups -OCH3 is 1. The van der Waals surface area contributed by atoms with Crippen molar-refractivity contribution in [2.75, 3.05) is 29.8 Å². The molecule has 8 nitrogen and oxygen atoms in total. The molecule has 0 aliphatic heterocycles. The second kappa shape index (κ2) is 9.80. The predicted molar refractivity (Wildman–Crippen MR) is 113 cm³/mol. The summed E-state index contributed by atoms with van der Waals surface area (Å²) in [6.45, 7) is 5.28. The molecule has 0 bridgehead atoms. The fraction of sp³-hybridized carbons (Fsp3) is 0.368. The Morgan fingerprint density at radius 3 is 2.41 bits per heavy atom. The average molecular weight is 442 g/mol. The van der Waals surface area contributed by atoms with Crippen LogP contribution in [0, 0.1) is 0 Å². The minimum Gasteiger partial charge on any atom is -0.495 e. The fourth-order valence-electron chi connectivity index (χ4n) is 2.81. The number of aromatic nitrogens is 1. The van der Waals surface area contributed by atoms with E-state index in [1.807, 2.05) is 18.7 Å². The summed E-state index contributed by atoms with van der Waals surface area (Å²) in [5, 5.41) is 9.75. The molecule has 0 saturated heterocycles. The molecule has 0 fully saturated rings. The number of carboxylic acids is 1.